The zero-order valence-corrected chi connectivity index (χ0v) is 17.8. The summed E-state index contributed by atoms with van der Waals surface area (Å²) in [6.07, 6.45) is -5.35. The van der Waals surface area contributed by atoms with Crippen LogP contribution in [0.2, 0.25) is 0 Å². The molecule has 2 aromatic carbocycles. The van der Waals surface area contributed by atoms with Crippen molar-refractivity contribution in [1.82, 2.24) is 10.6 Å². The van der Waals surface area contributed by atoms with Crippen LogP contribution < -0.4 is 16.0 Å². The number of alkyl carbamates (subject to hydrolysis) is 1. The first-order valence-electron chi connectivity index (χ1n) is 9.65. The van der Waals surface area contributed by atoms with Gasteiger partial charge in [0.15, 0.2) is 0 Å². The van der Waals surface area contributed by atoms with Crippen LogP contribution in [0.15, 0.2) is 48.5 Å². The summed E-state index contributed by atoms with van der Waals surface area (Å²) in [6, 6.07) is 10.9. The van der Waals surface area contributed by atoms with E-state index in [-0.39, 0.29) is 13.1 Å². The molecule has 0 spiro atoms. The zero-order valence-electron chi connectivity index (χ0n) is 17.8. The molecule has 0 unspecified atom stereocenters. The highest BCUT2D eigenvalue weighted by Crippen LogP contribution is 2.31. The van der Waals surface area contributed by atoms with Gasteiger partial charge in [0, 0.05) is 12.2 Å². The van der Waals surface area contributed by atoms with Gasteiger partial charge in [-0.15, -0.1) is 0 Å². The van der Waals surface area contributed by atoms with Gasteiger partial charge in [-0.25, -0.2) is 4.79 Å². The van der Waals surface area contributed by atoms with E-state index in [4.69, 9.17) is 4.74 Å². The van der Waals surface area contributed by atoms with Crippen molar-refractivity contribution in [3.05, 3.63) is 65.2 Å². The second-order valence-electron chi connectivity index (χ2n) is 7.83. The molecule has 0 heterocycles. The number of ether oxygens (including phenoxy) is 1. The van der Waals surface area contributed by atoms with Crippen LogP contribution in [-0.4, -0.2) is 30.1 Å². The van der Waals surface area contributed by atoms with E-state index in [0.29, 0.717) is 11.3 Å². The first kappa shape index (κ1) is 24.7. The number of nitrogens with one attached hydrogen (secondary N) is 3. The van der Waals surface area contributed by atoms with Gasteiger partial charge in [0.1, 0.15) is 12.1 Å². The van der Waals surface area contributed by atoms with Crippen molar-refractivity contribution in [2.45, 2.75) is 39.1 Å². The fraction of sp³-hybridized carbons (Fsp3) is 0.318. The Hall–Kier alpha value is -3.56. The number of alkyl halides is 3. The normalized spacial score (nSPS) is 11.4. The first-order valence-corrected chi connectivity index (χ1v) is 9.65. The maximum absolute atomic E-state index is 13.0. The molecule has 3 amide bonds. The fourth-order valence-electron chi connectivity index (χ4n) is 2.58. The zero-order chi connectivity index (χ0) is 23.9. The summed E-state index contributed by atoms with van der Waals surface area (Å²) < 4.78 is 44.2. The molecule has 0 fully saturated rings. The topological polar surface area (TPSA) is 96.5 Å². The molecule has 0 atom stereocenters. The summed E-state index contributed by atoms with van der Waals surface area (Å²) in [4.78, 5) is 35.7. The van der Waals surface area contributed by atoms with E-state index >= 15 is 0 Å². The molecular formula is C22H24F3N3O4. The molecule has 0 saturated carbocycles. The van der Waals surface area contributed by atoms with Gasteiger partial charge in [-0.1, -0.05) is 24.3 Å². The summed E-state index contributed by atoms with van der Waals surface area (Å²) in [7, 11) is 0. The molecule has 2 aromatic rings. The van der Waals surface area contributed by atoms with E-state index in [1.807, 2.05) is 0 Å². The van der Waals surface area contributed by atoms with Crippen LogP contribution in [0.3, 0.4) is 0 Å². The summed E-state index contributed by atoms with van der Waals surface area (Å²) in [6.45, 7) is 4.81. The lowest BCUT2D eigenvalue weighted by molar-refractivity contribution is -0.138. The number of hydrogen-bond acceptors (Lipinski definition) is 4. The average molecular weight is 451 g/mol. The maximum atomic E-state index is 13.0. The van der Waals surface area contributed by atoms with Gasteiger partial charge in [0.05, 0.1) is 11.1 Å². The molecule has 2 rings (SSSR count). The quantitative estimate of drug-likeness (QED) is 0.616. The van der Waals surface area contributed by atoms with Gasteiger partial charge in [-0.05, 0) is 50.6 Å². The van der Waals surface area contributed by atoms with Crippen LogP contribution in [0, 0.1) is 0 Å². The average Bonchev–Trinajstić information content (AvgIpc) is 2.69. The SMILES string of the molecule is CC(C)(C)OC(=O)NCC(=O)Nc1ccc(CNC(=O)c2ccccc2C(F)(F)F)cc1. The predicted molar refractivity (Wildman–Crippen MR) is 112 cm³/mol. The molecule has 0 bridgehead atoms. The lowest BCUT2D eigenvalue weighted by Crippen LogP contribution is -2.37. The van der Waals surface area contributed by atoms with E-state index in [9.17, 15) is 27.6 Å². The van der Waals surface area contributed by atoms with E-state index < -0.39 is 40.8 Å². The van der Waals surface area contributed by atoms with Gasteiger partial charge in [-0.2, -0.15) is 13.2 Å². The van der Waals surface area contributed by atoms with E-state index in [1.54, 1.807) is 45.0 Å². The molecule has 0 radical (unpaired) electrons. The summed E-state index contributed by atoms with van der Waals surface area (Å²) in [5.74, 6) is -1.32. The van der Waals surface area contributed by atoms with Crippen molar-refractivity contribution < 1.29 is 32.3 Å². The third-order valence-corrected chi connectivity index (χ3v) is 3.96. The predicted octanol–water partition coefficient (Wildman–Crippen LogP) is 4.10. The molecular weight excluding hydrogens is 427 g/mol. The Kier molecular flexibility index (Phi) is 7.85. The largest absolute Gasteiger partial charge is 0.444 e. The monoisotopic (exact) mass is 451 g/mol. The van der Waals surface area contributed by atoms with Crippen LogP contribution in [0.5, 0.6) is 0 Å². The second-order valence-corrected chi connectivity index (χ2v) is 7.83. The minimum Gasteiger partial charge on any atom is -0.444 e. The second kappa shape index (κ2) is 10.2. The van der Waals surface area contributed by atoms with Gasteiger partial charge in [0.2, 0.25) is 5.91 Å². The van der Waals surface area contributed by atoms with Gasteiger partial charge in [-0.3, -0.25) is 9.59 Å². The molecule has 0 saturated heterocycles. The van der Waals surface area contributed by atoms with Crippen LogP contribution >= 0.6 is 0 Å². The highest BCUT2D eigenvalue weighted by Gasteiger charge is 2.34. The van der Waals surface area contributed by atoms with Gasteiger partial charge < -0.3 is 20.7 Å². The first-order chi connectivity index (χ1) is 14.8. The summed E-state index contributed by atoms with van der Waals surface area (Å²) in [5, 5.41) is 7.37. The van der Waals surface area contributed by atoms with Gasteiger partial charge in [0.25, 0.3) is 5.91 Å². The Morgan fingerprint density at radius 2 is 1.53 bits per heavy atom. The Morgan fingerprint density at radius 1 is 0.906 bits per heavy atom. The molecule has 172 valence electrons. The minimum absolute atomic E-state index is 0.000545. The summed E-state index contributed by atoms with van der Waals surface area (Å²) >= 11 is 0. The number of halogens is 3. The van der Waals surface area contributed by atoms with Crippen molar-refractivity contribution in [2.75, 3.05) is 11.9 Å². The Bertz CT molecular complexity index is 968. The molecule has 10 heteroatoms. The lowest BCUT2D eigenvalue weighted by atomic mass is 10.1. The minimum atomic E-state index is -4.63. The number of carbonyl (C=O) groups excluding carboxylic acids is 3. The van der Waals surface area contributed by atoms with E-state index in [0.717, 1.165) is 12.1 Å². The molecule has 0 aliphatic heterocycles. The van der Waals surface area contributed by atoms with Crippen molar-refractivity contribution in [3.8, 4) is 0 Å². The van der Waals surface area contributed by atoms with Crippen molar-refractivity contribution in [1.29, 1.82) is 0 Å². The Morgan fingerprint density at radius 3 is 2.12 bits per heavy atom. The fourth-order valence-corrected chi connectivity index (χ4v) is 2.58. The van der Waals surface area contributed by atoms with Crippen molar-refractivity contribution in [2.24, 2.45) is 0 Å². The van der Waals surface area contributed by atoms with Crippen molar-refractivity contribution >= 4 is 23.6 Å². The van der Waals surface area contributed by atoms with Crippen LogP contribution in [0.25, 0.3) is 0 Å². The molecule has 7 nitrogen and oxygen atoms in total. The number of amides is 3. The number of hydrogen-bond donors (Lipinski definition) is 3. The standard InChI is InChI=1S/C22H24F3N3O4/c1-21(2,3)32-20(31)27-13-18(29)28-15-10-8-14(9-11-15)12-26-19(30)16-6-4-5-7-17(16)22(23,24)25/h4-11H,12-13H2,1-3H3,(H,26,30)(H,27,31)(H,28,29). The third-order valence-electron chi connectivity index (χ3n) is 3.96. The van der Waals surface area contributed by atoms with E-state index in [2.05, 4.69) is 16.0 Å². The molecule has 3 N–H and O–H groups in total. The molecule has 0 aromatic heterocycles. The smallest absolute Gasteiger partial charge is 0.417 e. The van der Waals surface area contributed by atoms with Crippen molar-refractivity contribution in [3.63, 3.8) is 0 Å². The number of carbonyl (C=O) groups is 3. The van der Waals surface area contributed by atoms with Gasteiger partial charge >= 0.3 is 12.3 Å². The number of rotatable bonds is 6. The molecule has 32 heavy (non-hydrogen) atoms. The van der Waals surface area contributed by atoms with E-state index in [1.165, 1.54) is 12.1 Å². The highest BCUT2D eigenvalue weighted by molar-refractivity contribution is 5.96. The Labute approximate surface area is 183 Å². The maximum Gasteiger partial charge on any atom is 0.417 e. The van der Waals surface area contributed by atoms with Crippen LogP contribution in [-0.2, 0) is 22.3 Å². The lowest BCUT2D eigenvalue weighted by Gasteiger charge is -2.19. The number of anilines is 1. The third kappa shape index (κ3) is 7.93. The molecule has 0 aliphatic rings. The van der Waals surface area contributed by atoms with Crippen LogP contribution in [0.1, 0.15) is 42.3 Å². The Balaban J connectivity index is 1.86. The van der Waals surface area contributed by atoms with Crippen LogP contribution in [0.4, 0.5) is 23.7 Å². The highest BCUT2D eigenvalue weighted by atomic mass is 19.4. The summed E-state index contributed by atoms with van der Waals surface area (Å²) in [5.41, 5.74) is -1.08. The molecule has 0 aliphatic carbocycles. The number of benzene rings is 2.